The van der Waals surface area contributed by atoms with Gasteiger partial charge in [-0.25, -0.2) is 9.78 Å². The van der Waals surface area contributed by atoms with Crippen molar-refractivity contribution in [1.82, 2.24) is 19.9 Å². The molecule has 0 spiro atoms. The van der Waals surface area contributed by atoms with E-state index in [1.807, 2.05) is 31.4 Å². The number of fused-ring (bicyclic) bond motifs is 1. The van der Waals surface area contributed by atoms with Crippen LogP contribution in [0.4, 0.5) is 10.6 Å². The third-order valence-corrected chi connectivity index (χ3v) is 5.36. The summed E-state index contributed by atoms with van der Waals surface area (Å²) >= 11 is 0. The molecule has 146 valence electrons. The molecule has 0 aliphatic heterocycles. The zero-order chi connectivity index (χ0) is 19.0. The summed E-state index contributed by atoms with van der Waals surface area (Å²) in [6.07, 6.45) is 8.24. The van der Waals surface area contributed by atoms with E-state index in [4.69, 9.17) is 9.72 Å². The monoisotopic (exact) mass is 371 g/mol. The molecule has 7 heteroatoms. The second-order valence-electron chi connectivity index (χ2n) is 8.80. The maximum atomic E-state index is 11.9. The summed E-state index contributed by atoms with van der Waals surface area (Å²) in [5, 5.41) is 10.9. The van der Waals surface area contributed by atoms with Gasteiger partial charge < -0.3 is 15.4 Å². The second-order valence-corrected chi connectivity index (χ2v) is 8.80. The maximum absolute atomic E-state index is 11.9. The number of alkyl carbamates (subject to hydrolysis) is 1. The fourth-order valence-electron chi connectivity index (χ4n) is 4.00. The summed E-state index contributed by atoms with van der Waals surface area (Å²) in [4.78, 5) is 16.7. The Balaban J connectivity index is 1.38. The van der Waals surface area contributed by atoms with Gasteiger partial charge in [-0.2, -0.15) is 9.61 Å². The van der Waals surface area contributed by atoms with Crippen molar-refractivity contribution in [3.63, 3.8) is 0 Å². The fourth-order valence-corrected chi connectivity index (χ4v) is 4.00. The Morgan fingerprint density at radius 2 is 1.96 bits per heavy atom. The normalized spacial score (nSPS) is 23.2. The minimum atomic E-state index is -0.467. The number of anilines is 1. The Morgan fingerprint density at radius 3 is 2.67 bits per heavy atom. The van der Waals surface area contributed by atoms with E-state index in [0.717, 1.165) is 24.3 Å². The number of aromatic nitrogens is 3. The number of hydrogen-bond acceptors (Lipinski definition) is 5. The molecule has 2 aliphatic rings. The van der Waals surface area contributed by atoms with E-state index in [0.29, 0.717) is 12.0 Å². The fraction of sp³-hybridized carbons (Fsp3) is 0.650. The Bertz CT molecular complexity index is 813. The van der Waals surface area contributed by atoms with Gasteiger partial charge in [0.2, 0.25) is 0 Å². The maximum Gasteiger partial charge on any atom is 0.407 e. The van der Waals surface area contributed by atoms with Crippen LogP contribution >= 0.6 is 0 Å². The third kappa shape index (κ3) is 4.17. The molecule has 2 N–H and O–H groups in total. The van der Waals surface area contributed by atoms with Gasteiger partial charge in [0.05, 0.1) is 6.20 Å². The van der Waals surface area contributed by atoms with E-state index < -0.39 is 5.60 Å². The third-order valence-electron chi connectivity index (χ3n) is 5.36. The zero-order valence-electron chi connectivity index (χ0n) is 16.4. The summed E-state index contributed by atoms with van der Waals surface area (Å²) in [6, 6.07) is 4.58. The van der Waals surface area contributed by atoms with Gasteiger partial charge in [-0.15, -0.1) is 0 Å². The van der Waals surface area contributed by atoms with Crippen LogP contribution in [0.5, 0.6) is 0 Å². The molecule has 27 heavy (non-hydrogen) atoms. The molecule has 0 saturated heterocycles. The van der Waals surface area contributed by atoms with Gasteiger partial charge in [0.15, 0.2) is 5.65 Å². The highest BCUT2D eigenvalue weighted by molar-refractivity contribution is 5.68. The smallest absolute Gasteiger partial charge is 0.407 e. The first kappa shape index (κ1) is 18.1. The van der Waals surface area contributed by atoms with Crippen molar-refractivity contribution in [2.45, 2.75) is 82.9 Å². The number of carbonyl (C=O) groups excluding carboxylic acids is 1. The molecule has 4 rings (SSSR count). The number of rotatable bonds is 4. The SMILES string of the molecule is CC(C)(C)OC(=O)NC1CC(Nc2cc(C3CCCC3)nc3ccnn23)C1. The Morgan fingerprint density at radius 1 is 1.22 bits per heavy atom. The molecular weight excluding hydrogens is 342 g/mol. The van der Waals surface area contributed by atoms with Crippen LogP contribution < -0.4 is 10.6 Å². The highest BCUT2D eigenvalue weighted by Crippen LogP contribution is 2.35. The molecule has 2 fully saturated rings. The van der Waals surface area contributed by atoms with E-state index in [2.05, 4.69) is 21.8 Å². The van der Waals surface area contributed by atoms with Crippen LogP contribution in [-0.2, 0) is 4.74 Å². The number of ether oxygens (including phenoxy) is 1. The summed E-state index contributed by atoms with van der Waals surface area (Å²) < 4.78 is 7.19. The van der Waals surface area contributed by atoms with E-state index in [1.54, 1.807) is 6.20 Å². The molecular formula is C20H29N5O2. The number of nitrogens with one attached hydrogen (secondary N) is 2. The second kappa shape index (κ2) is 7.02. The molecule has 1 amide bonds. The number of amides is 1. The summed E-state index contributed by atoms with van der Waals surface area (Å²) in [5.41, 5.74) is 1.60. The summed E-state index contributed by atoms with van der Waals surface area (Å²) in [7, 11) is 0. The summed E-state index contributed by atoms with van der Waals surface area (Å²) in [6.45, 7) is 5.62. The quantitative estimate of drug-likeness (QED) is 0.853. The molecule has 0 aromatic carbocycles. The first-order chi connectivity index (χ1) is 12.9. The first-order valence-corrected chi connectivity index (χ1v) is 9.98. The molecule has 2 aliphatic carbocycles. The average molecular weight is 371 g/mol. The highest BCUT2D eigenvalue weighted by Gasteiger charge is 2.32. The predicted octanol–water partition coefficient (Wildman–Crippen LogP) is 3.85. The average Bonchev–Trinajstić information content (AvgIpc) is 3.22. The van der Waals surface area contributed by atoms with E-state index >= 15 is 0 Å². The number of carbonyl (C=O) groups is 1. The van der Waals surface area contributed by atoms with Crippen LogP contribution in [0, 0.1) is 0 Å². The van der Waals surface area contributed by atoms with Crippen LogP contribution in [0.1, 0.15) is 70.9 Å². The van der Waals surface area contributed by atoms with Crippen LogP contribution in [-0.4, -0.2) is 38.4 Å². The lowest BCUT2D eigenvalue weighted by molar-refractivity contribution is 0.0475. The lowest BCUT2D eigenvalue weighted by Crippen LogP contribution is -2.50. The Labute approximate surface area is 159 Å². The van der Waals surface area contributed by atoms with Gasteiger partial charge in [-0.1, -0.05) is 12.8 Å². The van der Waals surface area contributed by atoms with Crippen molar-refractivity contribution in [3.05, 3.63) is 24.0 Å². The molecule has 2 aromatic heterocycles. The van der Waals surface area contributed by atoms with E-state index in [9.17, 15) is 4.79 Å². The molecule has 0 bridgehead atoms. The van der Waals surface area contributed by atoms with Gasteiger partial charge >= 0.3 is 6.09 Å². The zero-order valence-corrected chi connectivity index (χ0v) is 16.4. The molecule has 0 atom stereocenters. The molecule has 2 saturated carbocycles. The topological polar surface area (TPSA) is 80.5 Å². The van der Waals surface area contributed by atoms with Crippen LogP contribution in [0.15, 0.2) is 18.3 Å². The van der Waals surface area contributed by atoms with Gasteiger partial charge in [0.25, 0.3) is 0 Å². The molecule has 2 heterocycles. The van der Waals surface area contributed by atoms with Gasteiger partial charge in [0.1, 0.15) is 11.4 Å². The summed E-state index contributed by atoms with van der Waals surface area (Å²) in [5.74, 6) is 1.56. The van der Waals surface area contributed by atoms with Gasteiger partial charge in [-0.3, -0.25) is 0 Å². The van der Waals surface area contributed by atoms with Crippen LogP contribution in [0.25, 0.3) is 5.65 Å². The predicted molar refractivity (Wildman–Crippen MR) is 104 cm³/mol. The van der Waals surface area contributed by atoms with E-state index in [1.165, 1.54) is 31.4 Å². The highest BCUT2D eigenvalue weighted by atomic mass is 16.6. The van der Waals surface area contributed by atoms with Crippen molar-refractivity contribution in [1.29, 1.82) is 0 Å². The molecule has 0 unspecified atom stereocenters. The van der Waals surface area contributed by atoms with Crippen molar-refractivity contribution in [3.8, 4) is 0 Å². The lowest BCUT2D eigenvalue weighted by Gasteiger charge is -2.37. The molecule has 2 aromatic rings. The minimum absolute atomic E-state index is 0.154. The van der Waals surface area contributed by atoms with Crippen LogP contribution in [0.3, 0.4) is 0 Å². The van der Waals surface area contributed by atoms with Gasteiger partial charge in [0, 0.05) is 35.8 Å². The number of hydrogen-bond donors (Lipinski definition) is 2. The molecule has 0 radical (unpaired) electrons. The molecule has 7 nitrogen and oxygen atoms in total. The number of nitrogens with zero attached hydrogens (tertiary/aromatic N) is 3. The van der Waals surface area contributed by atoms with Gasteiger partial charge in [-0.05, 0) is 46.5 Å². The standard InChI is InChI=1S/C20H29N5O2/c1-20(2,3)27-19(26)23-15-10-14(11-15)22-18-12-16(13-6-4-5-7-13)24-17-8-9-21-25(17)18/h8-9,12-15,22H,4-7,10-11H2,1-3H3,(H,23,26). The van der Waals surface area contributed by atoms with Crippen molar-refractivity contribution < 1.29 is 9.53 Å². The first-order valence-electron chi connectivity index (χ1n) is 9.98. The van der Waals surface area contributed by atoms with Crippen molar-refractivity contribution in [2.75, 3.05) is 5.32 Å². The largest absolute Gasteiger partial charge is 0.444 e. The van der Waals surface area contributed by atoms with E-state index in [-0.39, 0.29) is 12.1 Å². The van der Waals surface area contributed by atoms with Crippen LogP contribution in [0.2, 0.25) is 0 Å². The Kier molecular flexibility index (Phi) is 4.70. The Hall–Kier alpha value is -2.31. The lowest BCUT2D eigenvalue weighted by atomic mass is 9.87. The van der Waals surface area contributed by atoms with Crippen molar-refractivity contribution >= 4 is 17.6 Å². The van der Waals surface area contributed by atoms with Crippen molar-refractivity contribution in [2.24, 2.45) is 0 Å². The minimum Gasteiger partial charge on any atom is -0.444 e.